The van der Waals surface area contributed by atoms with Crippen LogP contribution in [-0.2, 0) is 26.7 Å². The van der Waals surface area contributed by atoms with E-state index in [0.717, 1.165) is 13.5 Å². The van der Waals surface area contributed by atoms with Crippen molar-refractivity contribution >= 4 is 21.6 Å². The molecule has 6 nitrogen and oxygen atoms in total. The molecule has 0 spiro atoms. The first kappa shape index (κ1) is 26.0. The minimum atomic E-state index is -4.73. The van der Waals surface area contributed by atoms with Gasteiger partial charge < -0.3 is 10.2 Å². The molecule has 186 valence electrons. The Balaban J connectivity index is 1.76. The SMILES string of the molecule is CNS(=O)(=O)CCC(=O)N(C)C(c1ccc(NC2Cc3ccccc3C2(C)C)cc1)C(F)(F)F. The zero-order chi connectivity index (χ0) is 25.3. The first-order valence-corrected chi connectivity index (χ1v) is 12.6. The predicted molar refractivity (Wildman–Crippen MR) is 126 cm³/mol. The number of hydrogen-bond donors (Lipinski definition) is 2. The van der Waals surface area contributed by atoms with Crippen LogP contribution in [0.25, 0.3) is 0 Å². The van der Waals surface area contributed by atoms with Gasteiger partial charge in [-0.05, 0) is 42.3 Å². The highest BCUT2D eigenvalue weighted by molar-refractivity contribution is 7.89. The number of carbonyl (C=O) groups is 1. The summed E-state index contributed by atoms with van der Waals surface area (Å²) in [6, 6.07) is 11.9. The number of fused-ring (bicyclic) bond motifs is 1. The second kappa shape index (κ2) is 9.58. The zero-order valence-electron chi connectivity index (χ0n) is 19.6. The maximum atomic E-state index is 13.9. The molecule has 3 rings (SSSR count). The number of halogens is 3. The Hall–Kier alpha value is -2.59. The number of alkyl halides is 3. The van der Waals surface area contributed by atoms with Crippen molar-refractivity contribution in [2.24, 2.45) is 0 Å². The zero-order valence-corrected chi connectivity index (χ0v) is 20.4. The first-order valence-electron chi connectivity index (χ1n) is 10.9. The quantitative estimate of drug-likeness (QED) is 0.578. The van der Waals surface area contributed by atoms with Gasteiger partial charge in [0.1, 0.15) is 0 Å². The molecule has 0 saturated heterocycles. The van der Waals surface area contributed by atoms with Crippen molar-refractivity contribution in [2.45, 2.75) is 50.4 Å². The van der Waals surface area contributed by atoms with Gasteiger partial charge in [-0.3, -0.25) is 4.79 Å². The van der Waals surface area contributed by atoms with Crippen molar-refractivity contribution in [3.05, 3.63) is 65.2 Å². The predicted octanol–water partition coefficient (Wildman–Crippen LogP) is 4.00. The Kier molecular flexibility index (Phi) is 7.33. The highest BCUT2D eigenvalue weighted by atomic mass is 32.2. The highest BCUT2D eigenvalue weighted by Crippen LogP contribution is 2.41. The summed E-state index contributed by atoms with van der Waals surface area (Å²) in [5, 5.41) is 3.44. The average Bonchev–Trinajstić information content (AvgIpc) is 3.02. The average molecular weight is 498 g/mol. The first-order chi connectivity index (χ1) is 15.8. The number of anilines is 1. The van der Waals surface area contributed by atoms with Gasteiger partial charge in [0.05, 0.1) is 5.75 Å². The second-order valence-corrected chi connectivity index (χ2v) is 11.2. The molecule has 2 aromatic rings. The molecule has 2 unspecified atom stereocenters. The Bertz CT molecular complexity index is 1130. The lowest BCUT2D eigenvalue weighted by atomic mass is 9.83. The van der Waals surface area contributed by atoms with Gasteiger partial charge >= 0.3 is 6.18 Å². The normalized spacial score (nSPS) is 18.3. The lowest BCUT2D eigenvalue weighted by molar-refractivity contribution is -0.188. The van der Waals surface area contributed by atoms with Gasteiger partial charge in [0.2, 0.25) is 15.9 Å². The van der Waals surface area contributed by atoms with Crippen LogP contribution in [0.2, 0.25) is 0 Å². The molecule has 2 N–H and O–H groups in total. The molecule has 10 heteroatoms. The summed E-state index contributed by atoms with van der Waals surface area (Å²) in [6.45, 7) is 4.28. The molecule has 2 aromatic carbocycles. The number of nitrogens with one attached hydrogen (secondary N) is 2. The number of hydrogen-bond acceptors (Lipinski definition) is 4. The van der Waals surface area contributed by atoms with E-state index in [2.05, 4.69) is 31.3 Å². The molecule has 0 fully saturated rings. The third kappa shape index (κ3) is 5.55. The van der Waals surface area contributed by atoms with Gasteiger partial charge in [-0.2, -0.15) is 13.2 Å². The molecule has 34 heavy (non-hydrogen) atoms. The van der Waals surface area contributed by atoms with Crippen LogP contribution >= 0.6 is 0 Å². The van der Waals surface area contributed by atoms with E-state index in [1.54, 1.807) is 12.1 Å². The van der Waals surface area contributed by atoms with Crippen LogP contribution in [0.5, 0.6) is 0 Å². The maximum absolute atomic E-state index is 13.9. The van der Waals surface area contributed by atoms with Crippen LogP contribution in [0.3, 0.4) is 0 Å². The van der Waals surface area contributed by atoms with E-state index in [-0.39, 0.29) is 17.0 Å². The van der Waals surface area contributed by atoms with E-state index in [0.29, 0.717) is 10.6 Å². The molecule has 0 radical (unpaired) electrons. The number of rotatable bonds is 8. The molecular formula is C24H30F3N3O3S. The highest BCUT2D eigenvalue weighted by Gasteiger charge is 2.45. The number of benzene rings is 2. The Labute approximate surface area is 198 Å². The van der Waals surface area contributed by atoms with Gasteiger partial charge in [0.15, 0.2) is 6.04 Å². The fourth-order valence-corrected chi connectivity index (χ4v) is 5.11. The molecule has 0 aliphatic heterocycles. The van der Waals surface area contributed by atoms with Crippen molar-refractivity contribution in [3.63, 3.8) is 0 Å². The van der Waals surface area contributed by atoms with E-state index >= 15 is 0 Å². The van der Waals surface area contributed by atoms with Crippen LogP contribution in [0.15, 0.2) is 48.5 Å². The van der Waals surface area contributed by atoms with Crippen molar-refractivity contribution in [3.8, 4) is 0 Å². The van der Waals surface area contributed by atoms with Crippen molar-refractivity contribution in [1.29, 1.82) is 0 Å². The van der Waals surface area contributed by atoms with Crippen molar-refractivity contribution < 1.29 is 26.4 Å². The standard InChI is InChI=1S/C24H30F3N3O3S/c1-23(2)19-8-6-5-7-17(19)15-20(23)29-18-11-9-16(10-12-18)22(24(25,26)27)30(4)21(31)13-14-34(32,33)28-3/h5-12,20,22,28-29H,13-15H2,1-4H3. The summed E-state index contributed by atoms with van der Waals surface area (Å²) in [6.07, 6.45) is -4.47. The summed E-state index contributed by atoms with van der Waals surface area (Å²) in [5.41, 5.74) is 2.94. The smallest absolute Gasteiger partial charge is 0.381 e. The fraction of sp³-hybridized carbons (Fsp3) is 0.458. The Morgan fingerprint density at radius 2 is 1.76 bits per heavy atom. The molecule has 0 saturated carbocycles. The van der Waals surface area contributed by atoms with Crippen LogP contribution in [0.4, 0.5) is 18.9 Å². The van der Waals surface area contributed by atoms with E-state index in [1.807, 2.05) is 16.9 Å². The van der Waals surface area contributed by atoms with Gasteiger partial charge in [-0.25, -0.2) is 13.1 Å². The van der Waals surface area contributed by atoms with Crippen LogP contribution in [0.1, 0.15) is 43.0 Å². The number of carbonyl (C=O) groups excluding carboxylic acids is 1. The molecule has 0 bridgehead atoms. The number of amides is 1. The Morgan fingerprint density at radius 3 is 2.32 bits per heavy atom. The minimum absolute atomic E-state index is 0.0764. The van der Waals surface area contributed by atoms with E-state index in [1.165, 1.54) is 30.3 Å². The summed E-state index contributed by atoms with van der Waals surface area (Å²) in [5.74, 6) is -1.49. The second-order valence-electron chi connectivity index (χ2n) is 9.12. The fourth-order valence-electron chi connectivity index (χ4n) is 4.46. The Morgan fingerprint density at radius 1 is 1.15 bits per heavy atom. The summed E-state index contributed by atoms with van der Waals surface area (Å²) >= 11 is 0. The lowest BCUT2D eigenvalue weighted by Gasteiger charge is -2.31. The molecule has 2 atom stereocenters. The third-order valence-electron chi connectivity index (χ3n) is 6.56. The number of sulfonamides is 1. The lowest BCUT2D eigenvalue weighted by Crippen LogP contribution is -2.40. The van der Waals surface area contributed by atoms with Crippen LogP contribution < -0.4 is 10.0 Å². The van der Waals surface area contributed by atoms with E-state index in [4.69, 9.17) is 0 Å². The van der Waals surface area contributed by atoms with E-state index < -0.39 is 40.3 Å². The van der Waals surface area contributed by atoms with Gasteiger partial charge in [0.25, 0.3) is 0 Å². The summed E-state index contributed by atoms with van der Waals surface area (Å²) in [7, 11) is -1.49. The monoisotopic (exact) mass is 497 g/mol. The summed E-state index contributed by atoms with van der Waals surface area (Å²) < 4.78 is 66.8. The van der Waals surface area contributed by atoms with Crippen LogP contribution in [0, 0.1) is 0 Å². The molecule has 1 amide bonds. The van der Waals surface area contributed by atoms with Crippen molar-refractivity contribution in [1.82, 2.24) is 9.62 Å². The van der Waals surface area contributed by atoms with Crippen LogP contribution in [-0.4, -0.2) is 51.3 Å². The minimum Gasteiger partial charge on any atom is -0.381 e. The summed E-state index contributed by atoms with van der Waals surface area (Å²) in [4.78, 5) is 12.9. The molecule has 1 aliphatic rings. The third-order valence-corrected chi connectivity index (χ3v) is 7.92. The molecular weight excluding hydrogens is 467 g/mol. The van der Waals surface area contributed by atoms with Gasteiger partial charge in [-0.15, -0.1) is 0 Å². The topological polar surface area (TPSA) is 78.5 Å². The maximum Gasteiger partial charge on any atom is 0.413 e. The van der Waals surface area contributed by atoms with Gasteiger partial charge in [-0.1, -0.05) is 50.2 Å². The molecule has 0 heterocycles. The number of nitrogens with zero attached hydrogens (tertiary/aromatic N) is 1. The van der Waals surface area contributed by atoms with E-state index in [9.17, 15) is 26.4 Å². The van der Waals surface area contributed by atoms with Gasteiger partial charge in [0, 0.05) is 30.6 Å². The largest absolute Gasteiger partial charge is 0.413 e. The molecule has 0 aromatic heterocycles. The molecule has 1 aliphatic carbocycles. The van der Waals surface area contributed by atoms with Crippen molar-refractivity contribution in [2.75, 3.05) is 25.2 Å².